The molecular weight excluding hydrogens is 1760 g/mol. The summed E-state index contributed by atoms with van der Waals surface area (Å²) in [6, 6.07) is 0. The first-order valence-corrected chi connectivity index (χ1v) is 42.2. The maximum atomic E-state index is 12.0. The highest BCUT2D eigenvalue weighted by Gasteiger charge is 2.58. The molecule has 0 saturated heterocycles. The van der Waals surface area contributed by atoms with Gasteiger partial charge in [0.25, 0.3) is 0 Å². The molecule has 0 radical (unpaired) electrons. The summed E-state index contributed by atoms with van der Waals surface area (Å²) in [5, 5.41) is 0. The summed E-state index contributed by atoms with van der Waals surface area (Å²) in [5.41, 5.74) is -0.429. The molecule has 770 valence electrons. The van der Waals surface area contributed by atoms with E-state index >= 15 is 0 Å². The van der Waals surface area contributed by atoms with Gasteiger partial charge in [-0.25, -0.2) is 0 Å². The third kappa shape index (κ3) is 115. The predicted octanol–water partition coefficient (Wildman–Crippen LogP) is 41.2. The average Bonchev–Trinajstić information content (AvgIpc) is 0.836. The molecule has 1 unspecified atom stereocenters. The smallest absolute Gasteiger partial charge is 0.171 e. The molecule has 124 heavy (non-hydrogen) atoms. The molecule has 0 aromatic rings. The monoisotopic (exact) mass is 1920 g/mol. The lowest BCUT2D eigenvalue weighted by atomic mass is 9.87. The van der Waals surface area contributed by atoms with Crippen LogP contribution in [0.15, 0.2) is 0 Å². The molecule has 0 aromatic heterocycles. The maximum absolute atomic E-state index is 12.0. The van der Waals surface area contributed by atoms with Gasteiger partial charge in [0.2, 0.25) is 0 Å². The van der Waals surface area contributed by atoms with E-state index in [-0.39, 0.29) is 43.9 Å². The molecule has 0 amide bonds. The van der Waals surface area contributed by atoms with Gasteiger partial charge in [-0.2, -0.15) is 171 Å². The molecule has 0 bridgehead atoms. The standard InChI is InChI=1S/2C7H10F6.5C7H13F3.2C6H8F6.4C6H14/c1-4(2)3-5(6(8,9)10)7(11,12)13;1-2-3-4-5(6(8,9)10)7(11,12)13;1-4-5-6(2,3)7(8,9)10;1-4-5(2)6(3)7(8,9)10;1-3-4-6(2)5-7(8,9)10;1-3-4-5-6(2)7(8,9)10;1-2-3-4-5-6-7(8,9)10;1-4(6(10,11)12)2-3-5(7,8)9;1-2-3-4(5(7,8)9)6(10,11)12;2*1-5-6(2,3)4;1-5(2)6(3)4;1-4-6(3)5-2/h4-5H,3H2,1-2H3;5H,2-4H2,1H3;4-5H2,1-3H3;5-6H,4H2,1-3H3;2*6H,3-5H2,1-2H3;2-6H2,1H3;2*4H,2-3H2,1H3;2*5H2,1-4H3;5-6H,1-4H3;6H,4-5H2,1-3H3/t;;;5-,6?;2*6-;;4-;;;;;/m...000.0...../s1. The first-order chi connectivity index (χ1) is 54.3. The quantitative estimate of drug-likeness (QED) is 0.0598. The largest absolute Gasteiger partial charge is 0.400 e. The molecule has 0 spiro atoms. The minimum absolute atomic E-state index is 0.0658. The summed E-state index contributed by atoms with van der Waals surface area (Å²) in [6.45, 7) is 57.3. The van der Waals surface area contributed by atoms with Gasteiger partial charge in [-0.1, -0.05) is 317 Å². The fraction of sp³-hybridized carbons (Fsp3) is 1.00. The van der Waals surface area contributed by atoms with Crippen LogP contribution in [0.2, 0.25) is 0 Å². The third-order valence-electron chi connectivity index (χ3n) is 18.7. The van der Waals surface area contributed by atoms with Crippen molar-refractivity contribution in [2.75, 3.05) is 0 Å². The highest BCUT2D eigenvalue weighted by molar-refractivity contribution is 4.79. The van der Waals surface area contributed by atoms with Crippen LogP contribution in [0.25, 0.3) is 0 Å². The van der Waals surface area contributed by atoms with E-state index in [1.807, 2.05) is 20.8 Å². The Labute approximate surface area is 718 Å². The molecule has 39 heteroatoms. The molecule has 0 rings (SSSR count). The van der Waals surface area contributed by atoms with E-state index < -0.39 is 172 Å². The van der Waals surface area contributed by atoms with E-state index in [2.05, 4.69) is 104 Å². The van der Waals surface area contributed by atoms with Crippen LogP contribution in [0.3, 0.4) is 0 Å². The number of halogens is 39. The van der Waals surface area contributed by atoms with Crippen LogP contribution in [0.5, 0.6) is 0 Å². The first kappa shape index (κ1) is 150. The van der Waals surface area contributed by atoms with Gasteiger partial charge in [0, 0.05) is 19.3 Å². The minimum atomic E-state index is -5.19. The van der Waals surface area contributed by atoms with Crippen molar-refractivity contribution in [1.82, 2.24) is 0 Å². The molecule has 0 aliphatic rings. The zero-order chi connectivity index (χ0) is 103. The lowest BCUT2D eigenvalue weighted by Crippen LogP contribution is -2.37. The van der Waals surface area contributed by atoms with E-state index in [0.717, 1.165) is 50.4 Å². The molecule has 0 heterocycles. The fourth-order valence-electron chi connectivity index (χ4n) is 7.34. The number of unbranched alkanes of at least 4 members (excludes halogenated alkanes) is 5. The van der Waals surface area contributed by atoms with Crippen molar-refractivity contribution in [3.05, 3.63) is 0 Å². The van der Waals surface area contributed by atoms with Crippen LogP contribution in [0.4, 0.5) is 171 Å². The van der Waals surface area contributed by atoms with Crippen LogP contribution in [0, 0.1) is 87.3 Å². The first-order valence-electron chi connectivity index (χ1n) is 42.2. The molecule has 0 N–H and O–H groups in total. The molecule has 0 saturated carbocycles. The Morgan fingerprint density at radius 3 is 0.685 bits per heavy atom. The number of hydrogen-bond acceptors (Lipinski definition) is 0. The molecule has 0 fully saturated rings. The Hall–Kier alpha value is -2.73. The SMILES string of the molecule is CC(C)C(C)C.CC(C)CC(C(F)(F)F)C(F)(F)F.CCC(C)(C)C.CCC(C)(C)C.CCC(C)CC.CCCC(C(F)(F)F)C(F)(F)F.CCCC(C)(C)C(F)(F)F.CCCCC(C(F)(F)F)C(F)(F)F.CCCCCCC(F)(F)F.CCCC[C@H](C)C(F)(F)F.CCC[C@H](C)CC(F)(F)F.CC[C@H](C)C(C)C(F)(F)F.C[C@@H](CCC(F)(F)F)C(F)(F)F. The Bertz CT molecular complexity index is 2200. The minimum Gasteiger partial charge on any atom is -0.171 e. The molecular formula is C85H157F39. The predicted molar refractivity (Wildman–Crippen MR) is 424 cm³/mol. The van der Waals surface area contributed by atoms with Crippen molar-refractivity contribution >= 4 is 0 Å². The van der Waals surface area contributed by atoms with Crippen molar-refractivity contribution in [1.29, 1.82) is 0 Å². The van der Waals surface area contributed by atoms with Gasteiger partial charge in [-0.3, -0.25) is 0 Å². The van der Waals surface area contributed by atoms with E-state index in [9.17, 15) is 171 Å². The zero-order valence-electron chi connectivity index (χ0n) is 79.1. The summed E-state index contributed by atoms with van der Waals surface area (Å²) in [5.74, 6) is -12.2. The van der Waals surface area contributed by atoms with E-state index in [1.165, 1.54) is 74.1 Å². The van der Waals surface area contributed by atoms with Gasteiger partial charge in [0.05, 0.1) is 23.2 Å². The van der Waals surface area contributed by atoms with Gasteiger partial charge >= 0.3 is 80.3 Å². The fourth-order valence-corrected chi connectivity index (χ4v) is 7.34. The molecule has 0 nitrogen and oxygen atoms in total. The van der Waals surface area contributed by atoms with E-state index in [4.69, 9.17) is 0 Å². The average molecular weight is 1920 g/mol. The molecule has 5 atom stereocenters. The third-order valence-corrected chi connectivity index (χ3v) is 18.7. The Kier molecular flexibility index (Phi) is 85.6. The normalized spacial score (nSPS) is 14.1. The van der Waals surface area contributed by atoms with Crippen molar-refractivity contribution in [3.8, 4) is 0 Å². The van der Waals surface area contributed by atoms with Crippen molar-refractivity contribution < 1.29 is 171 Å². The van der Waals surface area contributed by atoms with Crippen LogP contribution in [-0.2, 0) is 0 Å². The highest BCUT2D eigenvalue weighted by atomic mass is 19.5. The van der Waals surface area contributed by atoms with Gasteiger partial charge in [-0.05, 0) is 91.3 Å². The van der Waals surface area contributed by atoms with Gasteiger partial charge < -0.3 is 0 Å². The van der Waals surface area contributed by atoms with Gasteiger partial charge in [-0.15, -0.1) is 0 Å². The number of rotatable bonds is 26. The maximum Gasteiger partial charge on any atom is 0.400 e. The number of hydrogen-bond donors (Lipinski definition) is 0. The second-order valence-corrected chi connectivity index (χ2v) is 34.9. The van der Waals surface area contributed by atoms with Crippen molar-refractivity contribution in [3.63, 3.8) is 0 Å². The Balaban J connectivity index is -0.0000000986. The second kappa shape index (κ2) is 71.0. The number of alkyl halides is 39. The van der Waals surface area contributed by atoms with Gasteiger partial charge in [0.1, 0.15) is 0 Å². The zero-order valence-corrected chi connectivity index (χ0v) is 79.1. The summed E-state index contributed by atoms with van der Waals surface area (Å²) >= 11 is 0. The highest BCUT2D eigenvalue weighted by Crippen LogP contribution is 2.46. The lowest BCUT2D eigenvalue weighted by Gasteiger charge is -2.26. The molecule has 0 aromatic carbocycles. The lowest BCUT2D eigenvalue weighted by molar-refractivity contribution is -0.288. The van der Waals surface area contributed by atoms with Crippen LogP contribution in [-0.4, -0.2) is 80.3 Å². The summed E-state index contributed by atoms with van der Waals surface area (Å²) < 4.78 is 458. The summed E-state index contributed by atoms with van der Waals surface area (Å²) in [4.78, 5) is 0. The van der Waals surface area contributed by atoms with Crippen LogP contribution < -0.4 is 0 Å². The molecule has 0 aliphatic heterocycles. The molecule has 0 aliphatic carbocycles. The summed E-state index contributed by atoms with van der Waals surface area (Å²) in [6.07, 6.45) is -53.5. The summed E-state index contributed by atoms with van der Waals surface area (Å²) in [7, 11) is 0. The van der Waals surface area contributed by atoms with Crippen molar-refractivity contribution in [2.24, 2.45) is 87.3 Å². The van der Waals surface area contributed by atoms with E-state index in [0.29, 0.717) is 49.4 Å². The van der Waals surface area contributed by atoms with Crippen molar-refractivity contribution in [2.45, 2.75) is 462 Å². The Morgan fingerprint density at radius 2 is 0.524 bits per heavy atom. The van der Waals surface area contributed by atoms with E-state index in [1.54, 1.807) is 34.6 Å². The Morgan fingerprint density at radius 1 is 0.234 bits per heavy atom. The van der Waals surface area contributed by atoms with Crippen LogP contribution >= 0.6 is 0 Å². The second-order valence-electron chi connectivity index (χ2n) is 34.9. The van der Waals surface area contributed by atoms with Gasteiger partial charge in [0.15, 0.2) is 17.8 Å². The van der Waals surface area contributed by atoms with Crippen LogP contribution in [0.1, 0.15) is 382 Å². The topological polar surface area (TPSA) is 0 Å².